The van der Waals surface area contributed by atoms with Crippen molar-refractivity contribution < 1.29 is 14.3 Å². The molecule has 2 rings (SSSR count). The zero-order valence-corrected chi connectivity index (χ0v) is 12.2. The van der Waals surface area contributed by atoms with E-state index in [9.17, 15) is 4.79 Å². The molecule has 1 aromatic carbocycles. The van der Waals surface area contributed by atoms with E-state index in [4.69, 9.17) is 15.2 Å². The lowest BCUT2D eigenvalue weighted by Gasteiger charge is -2.19. The molecule has 0 saturated carbocycles. The lowest BCUT2D eigenvalue weighted by atomic mass is 10.0. The van der Waals surface area contributed by atoms with Crippen molar-refractivity contribution in [1.82, 2.24) is 5.32 Å². The Kier molecular flexibility index (Phi) is 4.18. The van der Waals surface area contributed by atoms with Gasteiger partial charge in [-0.25, -0.2) is 0 Å². The summed E-state index contributed by atoms with van der Waals surface area (Å²) in [5.41, 5.74) is 6.25. The Bertz CT molecular complexity index is 500. The van der Waals surface area contributed by atoms with Crippen LogP contribution in [0.4, 0.5) is 0 Å². The third-order valence-corrected chi connectivity index (χ3v) is 3.25. The first-order chi connectivity index (χ1) is 9.43. The minimum absolute atomic E-state index is 0.198. The fraction of sp³-hybridized carbons (Fsp3) is 0.533. The first kappa shape index (κ1) is 14.7. The van der Waals surface area contributed by atoms with Crippen molar-refractivity contribution >= 4 is 5.91 Å². The molecule has 0 aliphatic carbocycles. The SMILES string of the molecule is CCNC(COc1cccc2c1OC(C)(C)C2)C(N)=O. The van der Waals surface area contributed by atoms with Gasteiger partial charge in [-0.3, -0.25) is 4.79 Å². The number of carbonyl (C=O) groups excluding carboxylic acids is 1. The highest BCUT2D eigenvalue weighted by Gasteiger charge is 2.32. The summed E-state index contributed by atoms with van der Waals surface area (Å²) in [4.78, 5) is 11.3. The van der Waals surface area contributed by atoms with Gasteiger partial charge in [-0.05, 0) is 26.5 Å². The zero-order chi connectivity index (χ0) is 14.8. The highest BCUT2D eigenvalue weighted by Crippen LogP contribution is 2.41. The minimum atomic E-state index is -0.495. The van der Waals surface area contributed by atoms with Gasteiger partial charge in [0.05, 0.1) is 0 Å². The fourth-order valence-electron chi connectivity index (χ4n) is 2.36. The molecule has 1 unspecified atom stereocenters. The largest absolute Gasteiger partial charge is 0.488 e. The van der Waals surface area contributed by atoms with E-state index in [2.05, 4.69) is 5.32 Å². The summed E-state index contributed by atoms with van der Waals surface area (Å²) in [7, 11) is 0. The third kappa shape index (κ3) is 3.22. The molecule has 0 saturated heterocycles. The molecule has 0 spiro atoms. The molecule has 3 N–H and O–H groups in total. The number of hydrogen-bond donors (Lipinski definition) is 2. The lowest BCUT2D eigenvalue weighted by Crippen LogP contribution is -2.45. The molecule has 1 heterocycles. The standard InChI is InChI=1S/C15H22N2O3/c1-4-17-11(14(16)18)9-19-12-7-5-6-10-8-15(2,3)20-13(10)12/h5-7,11,17H,4,8-9H2,1-3H3,(H2,16,18). The normalized spacial score (nSPS) is 17.1. The number of amides is 1. The number of carbonyl (C=O) groups is 1. The molecule has 0 fully saturated rings. The van der Waals surface area contributed by atoms with Gasteiger partial charge in [-0.1, -0.05) is 19.1 Å². The number of fused-ring (bicyclic) bond motifs is 1. The molecule has 0 aromatic heterocycles. The number of benzene rings is 1. The van der Waals surface area contributed by atoms with E-state index in [1.54, 1.807) is 0 Å². The topological polar surface area (TPSA) is 73.6 Å². The van der Waals surface area contributed by atoms with Crippen molar-refractivity contribution in [2.24, 2.45) is 5.73 Å². The molecule has 0 bridgehead atoms. The van der Waals surface area contributed by atoms with Crippen LogP contribution in [0.2, 0.25) is 0 Å². The average Bonchev–Trinajstić information content (AvgIpc) is 2.68. The van der Waals surface area contributed by atoms with Gasteiger partial charge in [0, 0.05) is 12.0 Å². The molecule has 1 aliphatic heterocycles. The maximum Gasteiger partial charge on any atom is 0.238 e. The van der Waals surface area contributed by atoms with Crippen molar-refractivity contribution in [3.05, 3.63) is 23.8 Å². The molecular weight excluding hydrogens is 256 g/mol. The first-order valence-corrected chi connectivity index (χ1v) is 6.89. The van der Waals surface area contributed by atoms with Crippen LogP contribution in [0.15, 0.2) is 18.2 Å². The van der Waals surface area contributed by atoms with Crippen LogP contribution in [0.5, 0.6) is 11.5 Å². The van der Waals surface area contributed by atoms with E-state index in [0.717, 1.165) is 17.7 Å². The van der Waals surface area contributed by atoms with E-state index in [-0.39, 0.29) is 12.2 Å². The third-order valence-electron chi connectivity index (χ3n) is 3.25. The summed E-state index contributed by atoms with van der Waals surface area (Å²) >= 11 is 0. The van der Waals surface area contributed by atoms with Crippen LogP contribution < -0.4 is 20.5 Å². The van der Waals surface area contributed by atoms with Crippen molar-refractivity contribution in [1.29, 1.82) is 0 Å². The Morgan fingerprint density at radius 3 is 2.95 bits per heavy atom. The Morgan fingerprint density at radius 1 is 1.55 bits per heavy atom. The number of nitrogens with two attached hydrogens (primary N) is 1. The summed E-state index contributed by atoms with van der Waals surface area (Å²) in [6, 6.07) is 5.33. The second kappa shape index (κ2) is 5.71. The van der Waals surface area contributed by atoms with E-state index in [1.165, 1.54) is 0 Å². The van der Waals surface area contributed by atoms with Gasteiger partial charge < -0.3 is 20.5 Å². The van der Waals surface area contributed by atoms with Gasteiger partial charge >= 0.3 is 0 Å². The minimum Gasteiger partial charge on any atom is -0.488 e. The van der Waals surface area contributed by atoms with Crippen molar-refractivity contribution in [2.75, 3.05) is 13.2 Å². The molecule has 1 amide bonds. The van der Waals surface area contributed by atoms with E-state index in [0.29, 0.717) is 12.3 Å². The summed E-state index contributed by atoms with van der Waals surface area (Å²) in [6.07, 6.45) is 0.853. The highest BCUT2D eigenvalue weighted by molar-refractivity contribution is 5.80. The molecule has 5 heteroatoms. The number of para-hydroxylation sites is 1. The van der Waals surface area contributed by atoms with Crippen LogP contribution in [0, 0.1) is 0 Å². The summed E-state index contributed by atoms with van der Waals surface area (Å²) in [5.74, 6) is 1.02. The molecular formula is C15H22N2O3. The summed E-state index contributed by atoms with van der Waals surface area (Å²) in [6.45, 7) is 6.86. The molecule has 5 nitrogen and oxygen atoms in total. The molecule has 20 heavy (non-hydrogen) atoms. The highest BCUT2D eigenvalue weighted by atomic mass is 16.5. The molecule has 1 aliphatic rings. The monoisotopic (exact) mass is 278 g/mol. The van der Waals surface area contributed by atoms with Gasteiger partial charge in [0.1, 0.15) is 18.2 Å². The number of ether oxygens (including phenoxy) is 2. The molecule has 1 aromatic rings. The number of likely N-dealkylation sites (N-methyl/N-ethyl adjacent to an activating group) is 1. The van der Waals surface area contributed by atoms with Gasteiger partial charge in [0.25, 0.3) is 0 Å². The number of nitrogens with one attached hydrogen (secondary N) is 1. The second-order valence-electron chi connectivity index (χ2n) is 5.61. The number of rotatable bonds is 6. The van der Waals surface area contributed by atoms with Gasteiger partial charge in [0.15, 0.2) is 11.5 Å². The summed E-state index contributed by atoms with van der Waals surface area (Å²) in [5, 5.41) is 3.00. The molecule has 0 radical (unpaired) electrons. The quantitative estimate of drug-likeness (QED) is 0.821. The maximum absolute atomic E-state index is 11.3. The lowest BCUT2D eigenvalue weighted by molar-refractivity contribution is -0.120. The summed E-state index contributed by atoms with van der Waals surface area (Å²) < 4.78 is 11.6. The van der Waals surface area contributed by atoms with Crippen LogP contribution >= 0.6 is 0 Å². The van der Waals surface area contributed by atoms with Crippen molar-refractivity contribution in [3.8, 4) is 11.5 Å². The van der Waals surface area contributed by atoms with Gasteiger partial charge in [0.2, 0.25) is 5.91 Å². The Hall–Kier alpha value is -1.75. The van der Waals surface area contributed by atoms with E-state index >= 15 is 0 Å². The Labute approximate surface area is 119 Å². The second-order valence-corrected chi connectivity index (χ2v) is 5.61. The van der Waals surface area contributed by atoms with Crippen molar-refractivity contribution in [2.45, 2.75) is 38.8 Å². The first-order valence-electron chi connectivity index (χ1n) is 6.89. The van der Waals surface area contributed by atoms with E-state index in [1.807, 2.05) is 39.0 Å². The number of primary amides is 1. The van der Waals surface area contributed by atoms with E-state index < -0.39 is 11.9 Å². The predicted octanol–water partition coefficient (Wildman–Crippen LogP) is 1.24. The van der Waals surface area contributed by atoms with Crippen molar-refractivity contribution in [3.63, 3.8) is 0 Å². The molecule has 110 valence electrons. The van der Waals surface area contributed by atoms with Crippen LogP contribution in [0.25, 0.3) is 0 Å². The zero-order valence-electron chi connectivity index (χ0n) is 12.2. The van der Waals surface area contributed by atoms with Gasteiger partial charge in [-0.2, -0.15) is 0 Å². The van der Waals surface area contributed by atoms with Gasteiger partial charge in [-0.15, -0.1) is 0 Å². The maximum atomic E-state index is 11.3. The van der Waals surface area contributed by atoms with Crippen LogP contribution in [0.3, 0.4) is 0 Å². The van der Waals surface area contributed by atoms with Crippen LogP contribution in [0.1, 0.15) is 26.3 Å². The van der Waals surface area contributed by atoms with Crippen LogP contribution in [-0.2, 0) is 11.2 Å². The molecule has 1 atom stereocenters. The fourth-order valence-corrected chi connectivity index (χ4v) is 2.36. The predicted molar refractivity (Wildman–Crippen MR) is 77.0 cm³/mol. The Balaban J connectivity index is 2.08. The van der Waals surface area contributed by atoms with Crippen LogP contribution in [-0.4, -0.2) is 30.7 Å². The Morgan fingerprint density at radius 2 is 2.30 bits per heavy atom. The smallest absolute Gasteiger partial charge is 0.238 e. The number of hydrogen-bond acceptors (Lipinski definition) is 4. The average molecular weight is 278 g/mol.